The maximum atomic E-state index is 11.5. The molecule has 0 aliphatic carbocycles. The van der Waals surface area contributed by atoms with Gasteiger partial charge in [0, 0.05) is 18.6 Å². The predicted octanol–water partition coefficient (Wildman–Crippen LogP) is 1.01. The normalized spacial score (nSPS) is 17.7. The third-order valence-electron chi connectivity index (χ3n) is 2.60. The lowest BCUT2D eigenvalue weighted by Gasteiger charge is -2.11. The van der Waals surface area contributed by atoms with Crippen LogP contribution in [0.5, 0.6) is 5.75 Å². The highest BCUT2D eigenvalue weighted by Gasteiger charge is 2.24. The number of aliphatic hydroxyl groups excluding tert-OH is 1. The molecule has 0 saturated heterocycles. The van der Waals surface area contributed by atoms with Crippen LogP contribution in [0.1, 0.15) is 24.4 Å². The summed E-state index contributed by atoms with van der Waals surface area (Å²) in [6.07, 6.45) is 0.857. The van der Waals surface area contributed by atoms with Crippen molar-refractivity contribution >= 4 is 5.91 Å². The van der Waals surface area contributed by atoms with E-state index in [1.54, 1.807) is 0 Å². The van der Waals surface area contributed by atoms with Crippen LogP contribution in [0.25, 0.3) is 0 Å². The summed E-state index contributed by atoms with van der Waals surface area (Å²) in [6.45, 7) is 0.537. The molecule has 0 aromatic heterocycles. The van der Waals surface area contributed by atoms with E-state index in [0.717, 1.165) is 11.3 Å². The minimum Gasteiger partial charge on any atom is -0.491 e. The van der Waals surface area contributed by atoms with Gasteiger partial charge in [0.15, 0.2) is 0 Å². The third-order valence-corrected chi connectivity index (χ3v) is 2.60. The Kier molecular flexibility index (Phi) is 3.41. The zero-order valence-electron chi connectivity index (χ0n) is 8.98. The van der Waals surface area contributed by atoms with Crippen LogP contribution in [0.15, 0.2) is 24.3 Å². The van der Waals surface area contributed by atoms with Crippen molar-refractivity contribution in [2.75, 3.05) is 13.2 Å². The Labute approximate surface area is 94.2 Å². The first-order valence-corrected chi connectivity index (χ1v) is 5.43. The molecule has 1 aromatic rings. The molecular weight excluding hydrogens is 206 g/mol. The number of carbonyl (C=O) groups excluding carboxylic acids is 1. The summed E-state index contributed by atoms with van der Waals surface area (Å²) in [5.74, 6) is 0.800. The summed E-state index contributed by atoms with van der Waals surface area (Å²) >= 11 is 0. The van der Waals surface area contributed by atoms with Crippen molar-refractivity contribution in [1.82, 2.24) is 5.32 Å². The second-order valence-corrected chi connectivity index (χ2v) is 3.80. The van der Waals surface area contributed by atoms with Gasteiger partial charge in [0.05, 0.1) is 6.04 Å². The van der Waals surface area contributed by atoms with E-state index in [9.17, 15) is 4.79 Å². The molecule has 1 aliphatic rings. The van der Waals surface area contributed by atoms with Gasteiger partial charge in [0.2, 0.25) is 5.91 Å². The minimum atomic E-state index is -0.0533. The molecule has 16 heavy (non-hydrogen) atoms. The number of hydrogen-bond donors (Lipinski definition) is 2. The van der Waals surface area contributed by atoms with Crippen LogP contribution in [0.2, 0.25) is 0 Å². The van der Waals surface area contributed by atoms with Crippen LogP contribution in [0.4, 0.5) is 0 Å². The molecule has 4 heteroatoms. The molecule has 0 radical (unpaired) electrons. The van der Waals surface area contributed by atoms with Crippen molar-refractivity contribution < 1.29 is 14.6 Å². The van der Waals surface area contributed by atoms with E-state index in [0.29, 0.717) is 19.4 Å². The van der Waals surface area contributed by atoms with Gasteiger partial charge in [-0.2, -0.15) is 0 Å². The van der Waals surface area contributed by atoms with Gasteiger partial charge in [-0.3, -0.25) is 4.79 Å². The Morgan fingerprint density at radius 1 is 1.50 bits per heavy atom. The van der Waals surface area contributed by atoms with E-state index < -0.39 is 0 Å². The smallest absolute Gasteiger partial charge is 0.220 e. The van der Waals surface area contributed by atoms with E-state index in [1.165, 1.54) is 0 Å². The van der Waals surface area contributed by atoms with E-state index in [1.807, 2.05) is 24.3 Å². The summed E-state index contributed by atoms with van der Waals surface area (Å²) in [7, 11) is 0. The van der Waals surface area contributed by atoms with Crippen LogP contribution in [0.3, 0.4) is 0 Å². The lowest BCUT2D eigenvalue weighted by Crippen LogP contribution is -2.29. The maximum absolute atomic E-state index is 11.5. The van der Waals surface area contributed by atoms with Crippen molar-refractivity contribution in [2.45, 2.75) is 18.9 Å². The molecule has 1 aliphatic heterocycles. The number of hydrogen-bond acceptors (Lipinski definition) is 3. The number of para-hydroxylation sites is 1. The number of amides is 1. The number of benzene rings is 1. The molecule has 1 aromatic carbocycles. The Bertz CT molecular complexity index is 378. The van der Waals surface area contributed by atoms with Crippen molar-refractivity contribution in [1.29, 1.82) is 0 Å². The Morgan fingerprint density at radius 2 is 2.31 bits per heavy atom. The lowest BCUT2D eigenvalue weighted by molar-refractivity contribution is -0.122. The van der Waals surface area contributed by atoms with E-state index in [-0.39, 0.29) is 18.6 Å². The van der Waals surface area contributed by atoms with Crippen LogP contribution in [-0.4, -0.2) is 24.2 Å². The molecule has 1 amide bonds. The van der Waals surface area contributed by atoms with Gasteiger partial charge in [-0.1, -0.05) is 18.2 Å². The molecular formula is C12H15NO3. The molecule has 1 atom stereocenters. The Hall–Kier alpha value is -1.55. The second kappa shape index (κ2) is 4.99. The highest BCUT2D eigenvalue weighted by molar-refractivity contribution is 5.76. The molecule has 0 saturated carbocycles. The number of ether oxygens (including phenoxy) is 1. The summed E-state index contributed by atoms with van der Waals surface area (Å²) in [5, 5.41) is 11.5. The number of nitrogens with one attached hydrogen (secondary N) is 1. The molecule has 1 unspecified atom stereocenters. The third kappa shape index (κ3) is 2.33. The Balaban J connectivity index is 1.95. The van der Waals surface area contributed by atoms with Crippen LogP contribution in [0, 0.1) is 0 Å². The second-order valence-electron chi connectivity index (χ2n) is 3.80. The average Bonchev–Trinajstić information content (AvgIpc) is 2.70. The van der Waals surface area contributed by atoms with Crippen molar-refractivity contribution in [3.63, 3.8) is 0 Å². The maximum Gasteiger partial charge on any atom is 0.220 e. The van der Waals surface area contributed by atoms with Gasteiger partial charge in [0.25, 0.3) is 0 Å². The predicted molar refractivity (Wildman–Crippen MR) is 59.1 cm³/mol. The summed E-state index contributed by atoms with van der Waals surface area (Å²) in [6, 6.07) is 7.64. The summed E-state index contributed by atoms with van der Waals surface area (Å²) in [4.78, 5) is 11.5. The number of rotatable bonds is 4. The molecule has 2 rings (SSSR count). The first kappa shape index (κ1) is 11.0. The van der Waals surface area contributed by atoms with Crippen LogP contribution >= 0.6 is 0 Å². The van der Waals surface area contributed by atoms with Crippen LogP contribution in [-0.2, 0) is 4.79 Å². The van der Waals surface area contributed by atoms with Gasteiger partial charge in [0.1, 0.15) is 12.4 Å². The highest BCUT2D eigenvalue weighted by atomic mass is 16.5. The molecule has 4 nitrogen and oxygen atoms in total. The molecule has 86 valence electrons. The van der Waals surface area contributed by atoms with Crippen molar-refractivity contribution in [2.24, 2.45) is 0 Å². The van der Waals surface area contributed by atoms with Crippen molar-refractivity contribution in [3.8, 4) is 5.75 Å². The van der Waals surface area contributed by atoms with E-state index >= 15 is 0 Å². The van der Waals surface area contributed by atoms with Gasteiger partial charge in [-0.15, -0.1) is 0 Å². The van der Waals surface area contributed by atoms with Gasteiger partial charge >= 0.3 is 0 Å². The van der Waals surface area contributed by atoms with E-state index in [2.05, 4.69) is 5.32 Å². The first-order valence-electron chi connectivity index (χ1n) is 5.43. The SMILES string of the molecule is O=C(CCCO)NC1COc2ccccc21. The van der Waals surface area contributed by atoms with Crippen LogP contribution < -0.4 is 10.1 Å². The zero-order valence-corrected chi connectivity index (χ0v) is 8.98. The topological polar surface area (TPSA) is 58.6 Å². The Morgan fingerprint density at radius 3 is 3.12 bits per heavy atom. The summed E-state index contributed by atoms with van der Waals surface area (Å²) in [5.41, 5.74) is 1.03. The van der Waals surface area contributed by atoms with Gasteiger partial charge in [-0.25, -0.2) is 0 Å². The molecule has 0 spiro atoms. The molecule has 1 heterocycles. The average molecular weight is 221 g/mol. The van der Waals surface area contributed by atoms with Gasteiger partial charge < -0.3 is 15.2 Å². The monoisotopic (exact) mass is 221 g/mol. The highest BCUT2D eigenvalue weighted by Crippen LogP contribution is 2.31. The number of aliphatic hydroxyl groups is 1. The summed E-state index contributed by atoms with van der Waals surface area (Å²) < 4.78 is 5.45. The fraction of sp³-hybridized carbons (Fsp3) is 0.417. The zero-order chi connectivity index (χ0) is 11.4. The fourth-order valence-corrected chi connectivity index (χ4v) is 1.79. The largest absolute Gasteiger partial charge is 0.491 e. The first-order chi connectivity index (χ1) is 7.81. The molecule has 0 fully saturated rings. The van der Waals surface area contributed by atoms with E-state index in [4.69, 9.17) is 9.84 Å². The minimum absolute atomic E-state index is 0.0423. The van der Waals surface area contributed by atoms with Crippen molar-refractivity contribution in [3.05, 3.63) is 29.8 Å². The quantitative estimate of drug-likeness (QED) is 0.797. The standard InChI is InChI=1S/C12H15NO3/c14-7-3-6-12(15)13-10-8-16-11-5-2-1-4-9(10)11/h1-2,4-5,10,14H,3,6-8H2,(H,13,15). The molecule has 0 bridgehead atoms. The molecule has 2 N–H and O–H groups in total. The lowest BCUT2D eigenvalue weighted by atomic mass is 10.1. The number of fused-ring (bicyclic) bond motifs is 1. The number of carbonyl (C=O) groups is 1. The fourth-order valence-electron chi connectivity index (χ4n) is 1.79. The van der Waals surface area contributed by atoms with Gasteiger partial charge in [-0.05, 0) is 12.5 Å².